The number of carboxylic acid groups (broad SMARTS) is 1. The molecule has 0 radical (unpaired) electrons. The van der Waals surface area contributed by atoms with Gasteiger partial charge >= 0.3 is 5.97 Å². The Bertz CT molecular complexity index is 869. The summed E-state index contributed by atoms with van der Waals surface area (Å²) in [7, 11) is 1.41. The third-order valence-corrected chi connectivity index (χ3v) is 3.50. The Balaban J connectivity index is 0.00000392. The van der Waals surface area contributed by atoms with Crippen LogP contribution >= 0.6 is 24.0 Å². The molecule has 0 unspecified atom stereocenters. The van der Waals surface area contributed by atoms with E-state index < -0.39 is 24.4 Å². The van der Waals surface area contributed by atoms with Gasteiger partial charge in [0.05, 0.1) is 0 Å². The van der Waals surface area contributed by atoms with Crippen molar-refractivity contribution in [1.82, 2.24) is 10.4 Å². The lowest BCUT2D eigenvalue weighted by Crippen LogP contribution is -2.43. The number of nitrogens with zero attached hydrogens (tertiary/aromatic N) is 1. The number of halogens is 1. The molecule has 0 saturated carbocycles. The highest BCUT2D eigenvalue weighted by Crippen LogP contribution is 2.12. The Kier molecular flexibility index (Phi) is 8.38. The highest BCUT2D eigenvalue weighted by atomic mass is 127. The number of carboxylic acids is 1. The minimum atomic E-state index is -1.10. The predicted octanol–water partition coefficient (Wildman–Crippen LogP) is 1.47. The van der Waals surface area contributed by atoms with Gasteiger partial charge in [-0.05, 0) is 36.4 Å². The van der Waals surface area contributed by atoms with Gasteiger partial charge in [-0.1, -0.05) is 12.1 Å². The minimum Gasteiger partial charge on any atom is -0.482 e. The first kappa shape index (κ1) is 22.9. The van der Waals surface area contributed by atoms with Crippen molar-refractivity contribution in [1.29, 1.82) is 5.41 Å². The van der Waals surface area contributed by atoms with Crippen molar-refractivity contribution in [3.8, 4) is 5.75 Å². The van der Waals surface area contributed by atoms with Crippen molar-refractivity contribution in [3.63, 3.8) is 0 Å². The van der Waals surface area contributed by atoms with E-state index in [-0.39, 0.29) is 35.4 Å². The normalized spacial score (nSPS) is 9.61. The van der Waals surface area contributed by atoms with Crippen LogP contribution in [0.3, 0.4) is 0 Å². The van der Waals surface area contributed by atoms with Crippen LogP contribution in [-0.4, -0.2) is 47.4 Å². The molecule has 0 spiro atoms. The Morgan fingerprint density at radius 1 is 1.04 bits per heavy atom. The molecule has 28 heavy (non-hydrogen) atoms. The van der Waals surface area contributed by atoms with Crippen molar-refractivity contribution in [2.45, 2.75) is 0 Å². The van der Waals surface area contributed by atoms with Gasteiger partial charge in [-0.25, -0.2) is 4.79 Å². The first-order chi connectivity index (χ1) is 12.8. The van der Waals surface area contributed by atoms with E-state index in [1.54, 1.807) is 12.1 Å². The fourth-order valence-electron chi connectivity index (χ4n) is 2.10. The van der Waals surface area contributed by atoms with Crippen molar-refractivity contribution in [3.05, 3.63) is 65.2 Å². The molecule has 148 valence electrons. The Hall–Kier alpha value is -3.15. The number of carbonyl (C=O) groups is 3. The zero-order valence-electron chi connectivity index (χ0n) is 14.8. The monoisotopic (exact) mass is 498 g/mol. The molecule has 0 heterocycles. The summed E-state index contributed by atoms with van der Waals surface area (Å²) in [6, 6.07) is 11.9. The van der Waals surface area contributed by atoms with Gasteiger partial charge in [0, 0.05) is 23.7 Å². The van der Waals surface area contributed by atoms with E-state index in [0.29, 0.717) is 16.9 Å². The van der Waals surface area contributed by atoms with Gasteiger partial charge in [0.25, 0.3) is 11.8 Å². The Morgan fingerprint density at radius 3 is 2.04 bits per heavy atom. The molecular formula is C18H19IN4O5. The SMILES string of the molecule is CN(NC(=O)c1ccc(OCC(=O)O)cc1)C(=O)c1ccc(C(=N)N)cc1.I. The summed E-state index contributed by atoms with van der Waals surface area (Å²) in [5.74, 6) is -1.86. The summed E-state index contributed by atoms with van der Waals surface area (Å²) < 4.78 is 4.99. The van der Waals surface area contributed by atoms with Gasteiger partial charge in [0.2, 0.25) is 0 Å². The van der Waals surface area contributed by atoms with E-state index >= 15 is 0 Å². The number of nitrogens with one attached hydrogen (secondary N) is 2. The first-order valence-corrected chi connectivity index (χ1v) is 7.76. The van der Waals surface area contributed by atoms with Crippen molar-refractivity contribution < 1.29 is 24.2 Å². The number of amidine groups is 1. The molecule has 0 aliphatic carbocycles. The number of nitrogens with two attached hydrogens (primary N) is 1. The smallest absolute Gasteiger partial charge is 0.341 e. The lowest BCUT2D eigenvalue weighted by atomic mass is 10.1. The number of nitrogen functional groups attached to an aromatic ring is 1. The zero-order valence-corrected chi connectivity index (χ0v) is 17.2. The molecule has 0 aromatic heterocycles. The predicted molar refractivity (Wildman–Crippen MR) is 112 cm³/mol. The van der Waals surface area contributed by atoms with E-state index in [9.17, 15) is 14.4 Å². The van der Waals surface area contributed by atoms with Crippen LogP contribution in [-0.2, 0) is 4.79 Å². The molecule has 0 fully saturated rings. The van der Waals surface area contributed by atoms with E-state index in [1.165, 1.54) is 43.4 Å². The van der Waals surface area contributed by atoms with Crippen molar-refractivity contribution in [2.75, 3.05) is 13.7 Å². The van der Waals surface area contributed by atoms with Crippen LogP contribution in [0.15, 0.2) is 48.5 Å². The average molecular weight is 498 g/mol. The number of rotatable bonds is 6. The molecule has 9 nitrogen and oxygen atoms in total. The van der Waals surface area contributed by atoms with Crippen LogP contribution in [0.25, 0.3) is 0 Å². The molecule has 0 aliphatic heterocycles. The number of hydrogen-bond acceptors (Lipinski definition) is 5. The topological polar surface area (TPSA) is 146 Å². The molecule has 0 aliphatic rings. The number of hydrazine groups is 1. The number of carbonyl (C=O) groups excluding carboxylic acids is 2. The van der Waals surface area contributed by atoms with Gasteiger partial charge < -0.3 is 15.6 Å². The summed E-state index contributed by atoms with van der Waals surface area (Å²) in [5.41, 5.74) is 8.89. The van der Waals surface area contributed by atoms with Gasteiger partial charge in [-0.3, -0.25) is 25.4 Å². The molecule has 0 atom stereocenters. The number of aliphatic carboxylic acids is 1. The number of hydrogen-bond donors (Lipinski definition) is 4. The number of ether oxygens (including phenoxy) is 1. The number of benzene rings is 2. The Labute approximate surface area is 178 Å². The lowest BCUT2D eigenvalue weighted by Gasteiger charge is -2.18. The largest absolute Gasteiger partial charge is 0.482 e. The van der Waals surface area contributed by atoms with Crippen LogP contribution in [0.5, 0.6) is 5.75 Å². The van der Waals surface area contributed by atoms with Crippen LogP contribution < -0.4 is 15.9 Å². The summed E-state index contributed by atoms with van der Waals surface area (Å²) in [6.45, 7) is -0.481. The summed E-state index contributed by atoms with van der Waals surface area (Å²) in [6.07, 6.45) is 0. The fourth-order valence-corrected chi connectivity index (χ4v) is 2.10. The second-order valence-corrected chi connectivity index (χ2v) is 5.50. The summed E-state index contributed by atoms with van der Waals surface area (Å²) >= 11 is 0. The highest BCUT2D eigenvalue weighted by molar-refractivity contribution is 14.0. The van der Waals surface area contributed by atoms with E-state index in [4.69, 9.17) is 21.0 Å². The van der Waals surface area contributed by atoms with Crippen molar-refractivity contribution >= 4 is 47.6 Å². The first-order valence-electron chi connectivity index (χ1n) is 7.76. The second kappa shape index (κ2) is 10.3. The summed E-state index contributed by atoms with van der Waals surface area (Å²) in [5, 5.41) is 16.9. The molecule has 2 amide bonds. The quantitative estimate of drug-likeness (QED) is 0.205. The van der Waals surface area contributed by atoms with Gasteiger partial charge in [0.1, 0.15) is 11.6 Å². The molecule has 10 heteroatoms. The maximum Gasteiger partial charge on any atom is 0.341 e. The van der Waals surface area contributed by atoms with E-state index in [0.717, 1.165) is 5.01 Å². The second-order valence-electron chi connectivity index (χ2n) is 5.50. The summed E-state index contributed by atoms with van der Waals surface area (Å²) in [4.78, 5) is 35.0. The zero-order chi connectivity index (χ0) is 20.0. The molecule has 2 aromatic rings. The Morgan fingerprint density at radius 2 is 1.54 bits per heavy atom. The third kappa shape index (κ3) is 6.23. The molecule has 5 N–H and O–H groups in total. The minimum absolute atomic E-state index is 0. The molecule has 0 bridgehead atoms. The van der Waals surface area contributed by atoms with Crippen LogP contribution in [0.1, 0.15) is 26.3 Å². The molecule has 2 rings (SSSR count). The maximum atomic E-state index is 12.3. The van der Waals surface area contributed by atoms with Crippen LogP contribution in [0.2, 0.25) is 0 Å². The lowest BCUT2D eigenvalue weighted by molar-refractivity contribution is -0.139. The van der Waals surface area contributed by atoms with Gasteiger partial charge in [-0.2, -0.15) is 0 Å². The number of amides is 2. The van der Waals surface area contributed by atoms with Crippen LogP contribution in [0.4, 0.5) is 0 Å². The average Bonchev–Trinajstić information content (AvgIpc) is 2.66. The molecule has 2 aromatic carbocycles. The molecule has 0 saturated heterocycles. The van der Waals surface area contributed by atoms with E-state index in [2.05, 4.69) is 5.43 Å². The maximum absolute atomic E-state index is 12.3. The highest BCUT2D eigenvalue weighted by Gasteiger charge is 2.15. The third-order valence-electron chi connectivity index (χ3n) is 3.50. The van der Waals surface area contributed by atoms with Crippen LogP contribution in [0, 0.1) is 5.41 Å². The standard InChI is InChI=1S/C18H18N4O5.HI/c1-22(18(26)13-4-2-11(3-5-13)16(19)20)21-17(25)12-6-8-14(9-7-12)27-10-15(23)24;/h2-9H,10H2,1H3,(H3,19,20)(H,21,25)(H,23,24);1H. The van der Waals surface area contributed by atoms with E-state index in [1.807, 2.05) is 0 Å². The van der Waals surface area contributed by atoms with Gasteiger partial charge in [0.15, 0.2) is 6.61 Å². The fraction of sp³-hybridized carbons (Fsp3) is 0.111. The molecular weight excluding hydrogens is 479 g/mol. The van der Waals surface area contributed by atoms with Gasteiger partial charge in [-0.15, -0.1) is 24.0 Å². The van der Waals surface area contributed by atoms with Crippen molar-refractivity contribution in [2.24, 2.45) is 5.73 Å².